The fraction of sp³-hybridized carbons (Fsp3) is 0.440. The van der Waals surface area contributed by atoms with E-state index in [1.54, 1.807) is 23.5 Å². The molecule has 1 amide bonds. The van der Waals surface area contributed by atoms with Crippen LogP contribution < -0.4 is 10.1 Å². The molecule has 0 aliphatic heterocycles. The first-order valence-corrected chi connectivity index (χ1v) is 14.0. The molecule has 1 N–H and O–H groups in total. The van der Waals surface area contributed by atoms with Crippen molar-refractivity contribution < 1.29 is 9.53 Å². The largest absolute Gasteiger partial charge is 0.483 e. The number of nitrogens with zero attached hydrogens (tertiary/aromatic N) is 4. The third kappa shape index (κ3) is 6.18. The van der Waals surface area contributed by atoms with E-state index in [-0.39, 0.29) is 17.8 Å². The van der Waals surface area contributed by atoms with Gasteiger partial charge in [0.1, 0.15) is 16.8 Å². The van der Waals surface area contributed by atoms with Crippen molar-refractivity contribution in [2.24, 2.45) is 0 Å². The molecule has 3 aromatic rings. The molecule has 2 aromatic heterocycles. The third-order valence-corrected chi connectivity index (χ3v) is 8.31. The van der Waals surface area contributed by atoms with Crippen LogP contribution in [0.4, 0.5) is 5.00 Å². The van der Waals surface area contributed by atoms with Gasteiger partial charge in [0.2, 0.25) is 5.91 Å². The van der Waals surface area contributed by atoms with E-state index < -0.39 is 0 Å². The predicted molar refractivity (Wildman–Crippen MR) is 140 cm³/mol. The Kier molecular flexibility index (Phi) is 8.71. The second-order valence-corrected chi connectivity index (χ2v) is 10.9. The molecule has 1 aromatic carbocycles. The molecule has 1 aliphatic rings. The Balaban J connectivity index is 1.41. The number of anilines is 1. The standard InChI is InChI=1S/C25H28ClN5O2S2/c1-3-31-23(16(2)33-18-10-8-9-17(26)13-18)29-30-25(31)34-15-22(32)28-24-20(14-27)19-11-6-4-5-7-12-21(19)35-24/h8-10,13,16H,3-7,11-12,15H2,1-2H3,(H,28,32). The number of thiophene rings is 1. The summed E-state index contributed by atoms with van der Waals surface area (Å²) in [6.07, 6.45) is 6.20. The van der Waals surface area contributed by atoms with Gasteiger partial charge in [-0.05, 0) is 63.3 Å². The van der Waals surface area contributed by atoms with Crippen molar-refractivity contribution in [1.29, 1.82) is 5.26 Å². The van der Waals surface area contributed by atoms with Gasteiger partial charge in [-0.15, -0.1) is 21.5 Å². The zero-order chi connectivity index (χ0) is 24.8. The minimum atomic E-state index is -0.340. The van der Waals surface area contributed by atoms with Crippen molar-refractivity contribution in [3.63, 3.8) is 0 Å². The number of aromatic nitrogens is 3. The van der Waals surface area contributed by atoms with Crippen LogP contribution in [0.15, 0.2) is 29.4 Å². The predicted octanol–water partition coefficient (Wildman–Crippen LogP) is 6.41. The molecular weight excluding hydrogens is 502 g/mol. The first-order chi connectivity index (χ1) is 17.0. The molecule has 0 bridgehead atoms. The molecule has 35 heavy (non-hydrogen) atoms. The highest BCUT2D eigenvalue weighted by Crippen LogP contribution is 2.36. The van der Waals surface area contributed by atoms with Gasteiger partial charge < -0.3 is 14.6 Å². The van der Waals surface area contributed by atoms with Gasteiger partial charge in [0, 0.05) is 16.4 Å². The van der Waals surface area contributed by atoms with E-state index in [0.29, 0.717) is 38.9 Å². The number of fused-ring (bicyclic) bond motifs is 1. The number of nitrogens with one attached hydrogen (secondary N) is 1. The number of aryl methyl sites for hydroxylation is 1. The first kappa shape index (κ1) is 25.5. The number of rotatable bonds is 8. The van der Waals surface area contributed by atoms with E-state index in [2.05, 4.69) is 21.6 Å². The van der Waals surface area contributed by atoms with Crippen LogP contribution in [0, 0.1) is 11.3 Å². The quantitative estimate of drug-likeness (QED) is 0.339. The Bertz CT molecular complexity index is 1230. The highest BCUT2D eigenvalue weighted by atomic mass is 35.5. The van der Waals surface area contributed by atoms with Gasteiger partial charge in [0.15, 0.2) is 17.1 Å². The number of halogens is 1. The number of ether oxygens (including phenoxy) is 1. The van der Waals surface area contributed by atoms with E-state index in [0.717, 1.165) is 31.2 Å². The van der Waals surface area contributed by atoms with Gasteiger partial charge in [-0.2, -0.15) is 5.26 Å². The smallest absolute Gasteiger partial charge is 0.235 e. The molecule has 10 heteroatoms. The van der Waals surface area contributed by atoms with Gasteiger partial charge in [-0.1, -0.05) is 42.3 Å². The summed E-state index contributed by atoms with van der Waals surface area (Å²) in [7, 11) is 0. The average molecular weight is 530 g/mol. The number of amides is 1. The topological polar surface area (TPSA) is 92.8 Å². The maximum atomic E-state index is 12.8. The Morgan fingerprint density at radius 3 is 2.86 bits per heavy atom. The zero-order valence-corrected chi connectivity index (χ0v) is 22.2. The summed E-state index contributed by atoms with van der Waals surface area (Å²) >= 11 is 8.93. The summed E-state index contributed by atoms with van der Waals surface area (Å²) in [4.78, 5) is 14.0. The molecule has 1 atom stereocenters. The number of carbonyl (C=O) groups is 1. The minimum absolute atomic E-state index is 0.156. The summed E-state index contributed by atoms with van der Waals surface area (Å²) in [6.45, 7) is 4.56. The molecule has 2 heterocycles. The third-order valence-electron chi connectivity index (χ3n) is 5.90. The summed E-state index contributed by atoms with van der Waals surface area (Å²) in [5.41, 5.74) is 1.76. The summed E-state index contributed by atoms with van der Waals surface area (Å²) < 4.78 is 7.95. The second-order valence-electron chi connectivity index (χ2n) is 8.37. The van der Waals surface area contributed by atoms with E-state index in [4.69, 9.17) is 16.3 Å². The molecule has 0 spiro atoms. The lowest BCUT2D eigenvalue weighted by Gasteiger charge is -2.15. The van der Waals surface area contributed by atoms with Crippen molar-refractivity contribution in [2.75, 3.05) is 11.1 Å². The van der Waals surface area contributed by atoms with Gasteiger partial charge in [0.25, 0.3) is 0 Å². The Morgan fingerprint density at radius 1 is 1.31 bits per heavy atom. The lowest BCUT2D eigenvalue weighted by atomic mass is 9.97. The first-order valence-electron chi connectivity index (χ1n) is 11.8. The number of benzene rings is 1. The molecule has 1 unspecified atom stereocenters. The number of thioether (sulfide) groups is 1. The van der Waals surface area contributed by atoms with Gasteiger partial charge in [-0.3, -0.25) is 4.79 Å². The number of hydrogen-bond acceptors (Lipinski definition) is 7. The van der Waals surface area contributed by atoms with Crippen molar-refractivity contribution in [1.82, 2.24) is 14.8 Å². The molecule has 4 rings (SSSR count). The fourth-order valence-electron chi connectivity index (χ4n) is 4.22. The summed E-state index contributed by atoms with van der Waals surface area (Å²) in [5, 5.41) is 23.3. The second kappa shape index (κ2) is 11.9. The molecular formula is C25H28ClN5O2S2. The lowest BCUT2D eigenvalue weighted by Crippen LogP contribution is -2.15. The van der Waals surface area contributed by atoms with Crippen molar-refractivity contribution in [3.05, 3.63) is 51.1 Å². The molecule has 184 valence electrons. The van der Waals surface area contributed by atoms with Gasteiger partial charge in [-0.25, -0.2) is 0 Å². The maximum Gasteiger partial charge on any atom is 0.235 e. The SMILES string of the molecule is CCn1c(SCC(=O)Nc2sc3c(c2C#N)CCCCCC3)nnc1C(C)Oc1cccc(Cl)c1. The number of carbonyl (C=O) groups excluding carboxylic acids is 1. The average Bonchev–Trinajstić information content (AvgIpc) is 3.38. The fourth-order valence-corrected chi connectivity index (χ4v) is 6.47. The van der Waals surface area contributed by atoms with Gasteiger partial charge >= 0.3 is 0 Å². The molecule has 7 nitrogen and oxygen atoms in total. The minimum Gasteiger partial charge on any atom is -0.483 e. The normalized spacial score (nSPS) is 14.3. The van der Waals surface area contributed by atoms with E-state index in [1.807, 2.05) is 30.5 Å². The van der Waals surface area contributed by atoms with Crippen LogP contribution in [0.5, 0.6) is 5.75 Å². The summed E-state index contributed by atoms with van der Waals surface area (Å²) in [6, 6.07) is 9.55. The number of nitriles is 1. The Morgan fingerprint density at radius 2 is 2.11 bits per heavy atom. The molecule has 0 saturated carbocycles. The lowest BCUT2D eigenvalue weighted by molar-refractivity contribution is -0.113. The molecule has 1 aliphatic carbocycles. The summed E-state index contributed by atoms with van der Waals surface area (Å²) in [5.74, 6) is 1.36. The Hall–Kier alpha value is -2.54. The van der Waals surface area contributed by atoms with Crippen LogP contribution in [-0.4, -0.2) is 26.4 Å². The van der Waals surface area contributed by atoms with Gasteiger partial charge in [0.05, 0.1) is 11.3 Å². The van der Waals surface area contributed by atoms with E-state index >= 15 is 0 Å². The molecule has 0 radical (unpaired) electrons. The Labute approximate surface area is 218 Å². The zero-order valence-electron chi connectivity index (χ0n) is 19.8. The highest BCUT2D eigenvalue weighted by molar-refractivity contribution is 7.99. The van der Waals surface area contributed by atoms with Crippen LogP contribution in [0.2, 0.25) is 5.02 Å². The van der Waals surface area contributed by atoms with Crippen LogP contribution in [0.25, 0.3) is 0 Å². The monoisotopic (exact) mass is 529 g/mol. The van der Waals surface area contributed by atoms with Crippen molar-refractivity contribution in [3.8, 4) is 11.8 Å². The highest BCUT2D eigenvalue weighted by Gasteiger charge is 2.22. The van der Waals surface area contributed by atoms with E-state index in [9.17, 15) is 10.1 Å². The van der Waals surface area contributed by atoms with Crippen LogP contribution >= 0.6 is 34.7 Å². The molecule has 0 fully saturated rings. The van der Waals surface area contributed by atoms with Crippen LogP contribution in [0.3, 0.4) is 0 Å². The van der Waals surface area contributed by atoms with Crippen LogP contribution in [-0.2, 0) is 24.2 Å². The van der Waals surface area contributed by atoms with Crippen molar-refractivity contribution in [2.45, 2.75) is 70.2 Å². The van der Waals surface area contributed by atoms with E-state index in [1.165, 1.54) is 29.5 Å². The molecule has 0 saturated heterocycles. The van der Waals surface area contributed by atoms with Crippen LogP contribution in [0.1, 0.15) is 67.5 Å². The maximum absolute atomic E-state index is 12.8. The number of hydrogen-bond donors (Lipinski definition) is 1. The van der Waals surface area contributed by atoms with Crippen molar-refractivity contribution >= 4 is 45.6 Å².